The van der Waals surface area contributed by atoms with E-state index in [0.29, 0.717) is 34.2 Å². The van der Waals surface area contributed by atoms with Crippen LogP contribution in [0.1, 0.15) is 33.6 Å². The number of aromatic nitrogens is 2. The number of carbonyl (C=O) groups excluding carboxylic acids is 1. The zero-order valence-corrected chi connectivity index (χ0v) is 15.7. The van der Waals surface area contributed by atoms with Crippen molar-refractivity contribution in [1.29, 1.82) is 0 Å². The SMILES string of the molecule is CCCNC(=O)[C@H](C)Sc1nc2cc(Cl)ccc2c(=O)n1CCC. The van der Waals surface area contributed by atoms with Gasteiger partial charge in [0.05, 0.1) is 16.2 Å². The first-order chi connectivity index (χ1) is 11.5. The van der Waals surface area contributed by atoms with Gasteiger partial charge < -0.3 is 5.32 Å². The van der Waals surface area contributed by atoms with Gasteiger partial charge in [0.2, 0.25) is 5.91 Å². The summed E-state index contributed by atoms with van der Waals surface area (Å²) in [5.41, 5.74) is 0.464. The minimum Gasteiger partial charge on any atom is -0.355 e. The minimum absolute atomic E-state index is 0.0506. The normalized spacial score (nSPS) is 12.3. The van der Waals surface area contributed by atoms with Crippen molar-refractivity contribution >= 4 is 40.2 Å². The van der Waals surface area contributed by atoms with Gasteiger partial charge in [-0.15, -0.1) is 0 Å². The molecule has 7 heteroatoms. The first-order valence-electron chi connectivity index (χ1n) is 8.12. The highest BCUT2D eigenvalue weighted by Crippen LogP contribution is 2.24. The molecule has 1 aromatic heterocycles. The number of rotatable bonds is 7. The lowest BCUT2D eigenvalue weighted by Crippen LogP contribution is -2.32. The van der Waals surface area contributed by atoms with Crippen LogP contribution in [0.2, 0.25) is 5.02 Å². The van der Waals surface area contributed by atoms with Crippen LogP contribution < -0.4 is 10.9 Å². The van der Waals surface area contributed by atoms with E-state index >= 15 is 0 Å². The van der Waals surface area contributed by atoms with Crippen LogP contribution in [0, 0.1) is 0 Å². The number of nitrogens with zero attached hydrogens (tertiary/aromatic N) is 2. The van der Waals surface area contributed by atoms with E-state index in [2.05, 4.69) is 10.3 Å². The van der Waals surface area contributed by atoms with Crippen molar-refractivity contribution in [3.63, 3.8) is 0 Å². The summed E-state index contributed by atoms with van der Waals surface area (Å²) in [5, 5.41) is 4.17. The van der Waals surface area contributed by atoms with Gasteiger partial charge in [0.25, 0.3) is 5.56 Å². The molecule has 24 heavy (non-hydrogen) atoms. The fraction of sp³-hybridized carbons (Fsp3) is 0.471. The van der Waals surface area contributed by atoms with Gasteiger partial charge in [-0.3, -0.25) is 14.2 Å². The molecule has 1 aromatic carbocycles. The predicted octanol–water partition coefficient (Wildman–Crippen LogP) is 3.47. The Morgan fingerprint density at radius 1 is 1.38 bits per heavy atom. The molecule has 1 amide bonds. The Labute approximate surface area is 150 Å². The van der Waals surface area contributed by atoms with E-state index in [0.717, 1.165) is 12.8 Å². The Balaban J connectivity index is 2.41. The summed E-state index contributed by atoms with van der Waals surface area (Å²) < 4.78 is 1.64. The summed E-state index contributed by atoms with van der Waals surface area (Å²) in [6.45, 7) is 7.04. The molecule has 0 aliphatic carbocycles. The standard InChI is InChI=1S/C17H22ClN3O2S/c1-4-8-19-15(22)11(3)24-17-20-14-10-12(18)6-7-13(14)16(23)21(17)9-5-2/h6-7,10-11H,4-5,8-9H2,1-3H3,(H,19,22)/t11-/m0/s1. The van der Waals surface area contributed by atoms with E-state index in [1.807, 2.05) is 20.8 Å². The molecule has 0 aliphatic heterocycles. The van der Waals surface area contributed by atoms with Crippen molar-refractivity contribution < 1.29 is 4.79 Å². The summed E-state index contributed by atoms with van der Waals surface area (Å²) >= 11 is 7.32. The lowest BCUT2D eigenvalue weighted by Gasteiger charge is -2.16. The molecule has 0 radical (unpaired) electrons. The third-order valence-electron chi connectivity index (χ3n) is 3.53. The molecule has 0 unspecified atom stereocenters. The van der Waals surface area contributed by atoms with Crippen LogP contribution in [0.3, 0.4) is 0 Å². The number of hydrogen-bond acceptors (Lipinski definition) is 4. The maximum Gasteiger partial charge on any atom is 0.262 e. The summed E-state index contributed by atoms with van der Waals surface area (Å²) in [7, 11) is 0. The molecule has 2 rings (SSSR count). The highest BCUT2D eigenvalue weighted by Gasteiger charge is 2.19. The third-order valence-corrected chi connectivity index (χ3v) is 4.86. The summed E-state index contributed by atoms with van der Waals surface area (Å²) in [6, 6.07) is 5.07. The van der Waals surface area contributed by atoms with Gasteiger partial charge in [0, 0.05) is 18.1 Å². The Hall–Kier alpha value is -1.53. The quantitative estimate of drug-likeness (QED) is 0.601. The largest absolute Gasteiger partial charge is 0.355 e. The molecule has 0 spiro atoms. The van der Waals surface area contributed by atoms with Crippen LogP contribution in [0.5, 0.6) is 0 Å². The fourth-order valence-corrected chi connectivity index (χ4v) is 3.41. The Kier molecular flexibility index (Phi) is 6.69. The van der Waals surface area contributed by atoms with Gasteiger partial charge >= 0.3 is 0 Å². The molecule has 0 saturated carbocycles. The van der Waals surface area contributed by atoms with Crippen LogP contribution >= 0.6 is 23.4 Å². The average Bonchev–Trinajstić information content (AvgIpc) is 2.55. The molecule has 0 fully saturated rings. The summed E-state index contributed by atoms with van der Waals surface area (Å²) in [5.74, 6) is -0.0506. The number of benzene rings is 1. The Morgan fingerprint density at radius 3 is 2.79 bits per heavy atom. The van der Waals surface area contributed by atoms with Gasteiger partial charge in [-0.05, 0) is 38.0 Å². The van der Waals surface area contributed by atoms with E-state index in [-0.39, 0.29) is 16.7 Å². The predicted molar refractivity (Wildman–Crippen MR) is 99.9 cm³/mol. The number of nitrogens with one attached hydrogen (secondary N) is 1. The molecule has 0 saturated heterocycles. The van der Waals surface area contributed by atoms with E-state index < -0.39 is 0 Å². The van der Waals surface area contributed by atoms with Crippen molar-refractivity contribution in [1.82, 2.24) is 14.9 Å². The summed E-state index contributed by atoms with van der Waals surface area (Å²) in [4.78, 5) is 29.4. The van der Waals surface area contributed by atoms with Gasteiger partial charge in [0.1, 0.15) is 0 Å². The topological polar surface area (TPSA) is 64.0 Å². The second kappa shape index (κ2) is 8.53. The first kappa shape index (κ1) is 18.8. The molecule has 0 bridgehead atoms. The van der Waals surface area contributed by atoms with Gasteiger partial charge in [-0.1, -0.05) is 37.2 Å². The second-order valence-corrected chi connectivity index (χ2v) is 7.31. The van der Waals surface area contributed by atoms with Crippen molar-refractivity contribution in [2.45, 2.75) is 50.6 Å². The lowest BCUT2D eigenvalue weighted by molar-refractivity contribution is -0.120. The maximum absolute atomic E-state index is 12.7. The van der Waals surface area contributed by atoms with E-state index in [9.17, 15) is 9.59 Å². The molecule has 1 atom stereocenters. The van der Waals surface area contributed by atoms with E-state index in [1.165, 1.54) is 11.8 Å². The van der Waals surface area contributed by atoms with Crippen LogP contribution in [0.25, 0.3) is 10.9 Å². The van der Waals surface area contributed by atoms with Crippen molar-refractivity contribution in [2.75, 3.05) is 6.54 Å². The van der Waals surface area contributed by atoms with E-state index in [4.69, 9.17) is 11.6 Å². The molecule has 5 nitrogen and oxygen atoms in total. The second-order valence-electron chi connectivity index (χ2n) is 5.56. The van der Waals surface area contributed by atoms with Crippen LogP contribution in [-0.2, 0) is 11.3 Å². The van der Waals surface area contributed by atoms with Crippen molar-refractivity contribution in [2.24, 2.45) is 0 Å². The number of thioether (sulfide) groups is 1. The first-order valence-corrected chi connectivity index (χ1v) is 9.38. The van der Waals surface area contributed by atoms with Gasteiger partial charge in [-0.25, -0.2) is 4.98 Å². The van der Waals surface area contributed by atoms with Gasteiger partial charge in [-0.2, -0.15) is 0 Å². The molecular formula is C17H22ClN3O2S. The molecule has 0 aliphatic rings. The number of halogens is 1. The van der Waals surface area contributed by atoms with Crippen LogP contribution in [0.15, 0.2) is 28.2 Å². The van der Waals surface area contributed by atoms with Crippen molar-refractivity contribution in [3.05, 3.63) is 33.6 Å². The van der Waals surface area contributed by atoms with Crippen LogP contribution in [0.4, 0.5) is 0 Å². The Morgan fingerprint density at radius 2 is 2.12 bits per heavy atom. The zero-order chi connectivity index (χ0) is 17.7. The minimum atomic E-state index is -0.330. The molecule has 1 heterocycles. The number of carbonyl (C=O) groups is 1. The third kappa shape index (κ3) is 4.30. The molecule has 2 aromatic rings. The highest BCUT2D eigenvalue weighted by molar-refractivity contribution is 8.00. The monoisotopic (exact) mass is 367 g/mol. The van der Waals surface area contributed by atoms with E-state index in [1.54, 1.807) is 22.8 Å². The summed E-state index contributed by atoms with van der Waals surface area (Å²) in [6.07, 6.45) is 1.70. The lowest BCUT2D eigenvalue weighted by atomic mass is 10.2. The molecule has 130 valence electrons. The van der Waals surface area contributed by atoms with Gasteiger partial charge in [0.15, 0.2) is 5.16 Å². The Bertz CT molecular complexity index is 791. The molecular weight excluding hydrogens is 346 g/mol. The average molecular weight is 368 g/mol. The number of hydrogen-bond donors (Lipinski definition) is 1. The number of amides is 1. The zero-order valence-electron chi connectivity index (χ0n) is 14.1. The molecule has 1 N–H and O–H groups in total. The number of fused-ring (bicyclic) bond motifs is 1. The maximum atomic E-state index is 12.7. The smallest absolute Gasteiger partial charge is 0.262 e. The highest BCUT2D eigenvalue weighted by atomic mass is 35.5. The fourth-order valence-electron chi connectivity index (χ4n) is 2.29. The van der Waals surface area contributed by atoms with Crippen molar-refractivity contribution in [3.8, 4) is 0 Å². The van der Waals surface area contributed by atoms with Crippen LogP contribution in [-0.4, -0.2) is 27.3 Å².